The van der Waals surface area contributed by atoms with Crippen molar-refractivity contribution in [2.24, 2.45) is 11.7 Å². The first-order valence-electron chi connectivity index (χ1n) is 4.49. The number of aromatic nitrogens is 1. The van der Waals surface area contributed by atoms with Crippen molar-refractivity contribution in [3.05, 3.63) is 11.1 Å². The maximum atomic E-state index is 5.49. The van der Waals surface area contributed by atoms with Crippen LogP contribution in [0.4, 0.5) is 5.13 Å². The molecular weight excluding hydrogens is 182 g/mol. The second-order valence-electron chi connectivity index (χ2n) is 3.60. The first-order valence-corrected chi connectivity index (χ1v) is 5.37. The van der Waals surface area contributed by atoms with Crippen LogP contribution in [0.2, 0.25) is 0 Å². The third-order valence-corrected chi connectivity index (χ3v) is 2.72. The first-order chi connectivity index (χ1) is 6.13. The van der Waals surface area contributed by atoms with Crippen LogP contribution in [0, 0.1) is 5.92 Å². The average Bonchev–Trinajstić information content (AvgIpc) is 2.50. The summed E-state index contributed by atoms with van der Waals surface area (Å²) in [6.45, 7) is 5.98. The Hall–Kier alpha value is -0.610. The van der Waals surface area contributed by atoms with Crippen molar-refractivity contribution in [2.45, 2.75) is 20.4 Å². The Morgan fingerprint density at radius 1 is 1.62 bits per heavy atom. The van der Waals surface area contributed by atoms with Gasteiger partial charge in [-0.05, 0) is 5.92 Å². The van der Waals surface area contributed by atoms with Crippen LogP contribution >= 0.6 is 11.3 Å². The van der Waals surface area contributed by atoms with Crippen LogP contribution in [0.15, 0.2) is 5.38 Å². The zero-order chi connectivity index (χ0) is 9.84. The van der Waals surface area contributed by atoms with E-state index in [0.717, 1.165) is 17.4 Å². The van der Waals surface area contributed by atoms with Crippen molar-refractivity contribution in [2.75, 3.05) is 18.5 Å². The lowest BCUT2D eigenvalue weighted by Gasteiger charge is -2.17. The molecule has 0 saturated heterocycles. The van der Waals surface area contributed by atoms with Gasteiger partial charge in [-0.15, -0.1) is 11.3 Å². The number of nitrogens with two attached hydrogens (primary N) is 1. The third kappa shape index (κ3) is 2.97. The summed E-state index contributed by atoms with van der Waals surface area (Å²) in [5.41, 5.74) is 6.47. The molecule has 1 heterocycles. The maximum Gasteiger partial charge on any atom is 0.185 e. The third-order valence-electron chi connectivity index (χ3n) is 1.71. The monoisotopic (exact) mass is 199 g/mol. The van der Waals surface area contributed by atoms with Crippen molar-refractivity contribution in [3.63, 3.8) is 0 Å². The largest absolute Gasteiger partial charge is 0.351 e. The zero-order valence-corrected chi connectivity index (χ0v) is 9.27. The number of nitrogens with zero attached hydrogens (tertiary/aromatic N) is 2. The van der Waals surface area contributed by atoms with Crippen LogP contribution < -0.4 is 10.6 Å². The van der Waals surface area contributed by atoms with Crippen LogP contribution in [-0.2, 0) is 6.54 Å². The van der Waals surface area contributed by atoms with Gasteiger partial charge in [-0.25, -0.2) is 4.98 Å². The highest BCUT2D eigenvalue weighted by Crippen LogP contribution is 2.19. The van der Waals surface area contributed by atoms with Crippen LogP contribution in [0.3, 0.4) is 0 Å². The van der Waals surface area contributed by atoms with Gasteiger partial charge in [-0.2, -0.15) is 0 Å². The van der Waals surface area contributed by atoms with Gasteiger partial charge in [0, 0.05) is 25.5 Å². The number of thiazole rings is 1. The van der Waals surface area contributed by atoms with Gasteiger partial charge < -0.3 is 10.6 Å². The summed E-state index contributed by atoms with van der Waals surface area (Å²) in [4.78, 5) is 6.58. The number of rotatable bonds is 4. The number of anilines is 1. The summed E-state index contributed by atoms with van der Waals surface area (Å²) in [6, 6.07) is 0. The molecule has 74 valence electrons. The molecule has 0 saturated carbocycles. The van der Waals surface area contributed by atoms with Gasteiger partial charge in [0.2, 0.25) is 0 Å². The first kappa shape index (κ1) is 10.5. The lowest BCUT2D eigenvalue weighted by molar-refractivity contribution is 0.637. The van der Waals surface area contributed by atoms with Gasteiger partial charge in [0.25, 0.3) is 0 Å². The van der Waals surface area contributed by atoms with Gasteiger partial charge >= 0.3 is 0 Å². The maximum absolute atomic E-state index is 5.49. The number of hydrogen-bond acceptors (Lipinski definition) is 4. The fourth-order valence-corrected chi connectivity index (χ4v) is 2.01. The molecule has 0 bridgehead atoms. The molecule has 3 nitrogen and oxygen atoms in total. The van der Waals surface area contributed by atoms with E-state index in [9.17, 15) is 0 Å². The van der Waals surface area contributed by atoms with Crippen molar-refractivity contribution in [1.29, 1.82) is 0 Å². The fraction of sp³-hybridized carbons (Fsp3) is 0.667. The molecule has 0 aliphatic rings. The van der Waals surface area contributed by atoms with E-state index in [0.29, 0.717) is 12.5 Å². The Morgan fingerprint density at radius 3 is 2.77 bits per heavy atom. The molecule has 0 aliphatic carbocycles. The fourth-order valence-electron chi connectivity index (χ4n) is 1.19. The molecule has 0 fully saturated rings. The molecule has 4 heteroatoms. The molecule has 1 aromatic rings. The Morgan fingerprint density at radius 2 is 2.31 bits per heavy atom. The molecule has 0 aromatic carbocycles. The number of hydrogen-bond donors (Lipinski definition) is 1. The summed E-state index contributed by atoms with van der Waals surface area (Å²) >= 11 is 1.66. The minimum absolute atomic E-state index is 0.534. The summed E-state index contributed by atoms with van der Waals surface area (Å²) < 4.78 is 0. The van der Waals surface area contributed by atoms with Crippen molar-refractivity contribution in [1.82, 2.24) is 4.98 Å². The second kappa shape index (κ2) is 4.58. The van der Waals surface area contributed by atoms with E-state index in [1.54, 1.807) is 11.3 Å². The van der Waals surface area contributed by atoms with Crippen LogP contribution in [0.25, 0.3) is 0 Å². The SMILES string of the molecule is CC(C)CN(C)c1nc(CN)cs1. The molecule has 2 N–H and O–H groups in total. The molecule has 1 aromatic heterocycles. The van der Waals surface area contributed by atoms with E-state index in [-0.39, 0.29) is 0 Å². The van der Waals surface area contributed by atoms with E-state index in [4.69, 9.17) is 5.73 Å². The molecule has 0 spiro atoms. The van der Waals surface area contributed by atoms with Crippen LogP contribution in [0.1, 0.15) is 19.5 Å². The summed E-state index contributed by atoms with van der Waals surface area (Å²) in [5.74, 6) is 0.662. The molecule has 0 radical (unpaired) electrons. The quantitative estimate of drug-likeness (QED) is 0.802. The summed E-state index contributed by atoms with van der Waals surface area (Å²) in [6.07, 6.45) is 0. The topological polar surface area (TPSA) is 42.2 Å². The zero-order valence-electron chi connectivity index (χ0n) is 8.45. The molecule has 13 heavy (non-hydrogen) atoms. The van der Waals surface area contributed by atoms with Gasteiger partial charge in [0.05, 0.1) is 5.69 Å². The molecule has 1 rings (SSSR count). The normalized spacial score (nSPS) is 10.8. The van der Waals surface area contributed by atoms with Crippen LogP contribution in [-0.4, -0.2) is 18.6 Å². The predicted octanol–water partition coefficient (Wildman–Crippen LogP) is 1.69. The highest BCUT2D eigenvalue weighted by molar-refractivity contribution is 7.13. The van der Waals surface area contributed by atoms with E-state index in [1.807, 2.05) is 5.38 Å². The van der Waals surface area contributed by atoms with Gasteiger partial charge in [0.15, 0.2) is 5.13 Å². The molecule has 0 unspecified atom stereocenters. The van der Waals surface area contributed by atoms with Crippen LogP contribution in [0.5, 0.6) is 0 Å². The van der Waals surface area contributed by atoms with Gasteiger partial charge in [-0.1, -0.05) is 13.8 Å². The highest BCUT2D eigenvalue weighted by Gasteiger charge is 2.07. The summed E-state index contributed by atoms with van der Waals surface area (Å²) in [5, 5.41) is 3.08. The van der Waals surface area contributed by atoms with E-state index < -0.39 is 0 Å². The van der Waals surface area contributed by atoms with Crippen molar-refractivity contribution in [3.8, 4) is 0 Å². The molecule has 0 amide bonds. The molecule has 0 aliphatic heterocycles. The minimum atomic E-state index is 0.534. The smallest absolute Gasteiger partial charge is 0.185 e. The van der Waals surface area contributed by atoms with E-state index in [2.05, 4.69) is 30.8 Å². The Bertz CT molecular complexity index is 257. The second-order valence-corrected chi connectivity index (χ2v) is 4.44. The van der Waals surface area contributed by atoms with E-state index in [1.165, 1.54) is 0 Å². The molecule has 0 atom stereocenters. The minimum Gasteiger partial charge on any atom is -0.351 e. The Balaban J connectivity index is 2.60. The van der Waals surface area contributed by atoms with Crippen molar-refractivity contribution >= 4 is 16.5 Å². The molecular formula is C9H17N3S. The lowest BCUT2D eigenvalue weighted by atomic mass is 10.2. The highest BCUT2D eigenvalue weighted by atomic mass is 32.1. The predicted molar refractivity (Wildman–Crippen MR) is 58.1 cm³/mol. The van der Waals surface area contributed by atoms with Gasteiger partial charge in [-0.3, -0.25) is 0 Å². The van der Waals surface area contributed by atoms with Crippen molar-refractivity contribution < 1.29 is 0 Å². The van der Waals surface area contributed by atoms with Gasteiger partial charge in [0.1, 0.15) is 0 Å². The Labute approximate surface area is 83.6 Å². The van der Waals surface area contributed by atoms with E-state index >= 15 is 0 Å². The Kier molecular flexibility index (Phi) is 3.69. The summed E-state index contributed by atoms with van der Waals surface area (Å²) in [7, 11) is 2.07. The standard InChI is InChI=1S/C9H17N3S/c1-7(2)5-12(3)9-11-8(4-10)6-13-9/h6-7H,4-5,10H2,1-3H3. The average molecular weight is 199 g/mol. The lowest BCUT2D eigenvalue weighted by Crippen LogP contribution is -2.22.